The minimum absolute atomic E-state index is 0.276. The molecule has 5 heteroatoms. The quantitative estimate of drug-likeness (QED) is 0.850. The summed E-state index contributed by atoms with van der Waals surface area (Å²) >= 11 is 4.98. The van der Waals surface area contributed by atoms with Crippen LogP contribution in [0, 0.1) is 0 Å². The minimum atomic E-state index is 0.276. The predicted octanol–water partition coefficient (Wildman–Crippen LogP) is 2.91. The highest BCUT2D eigenvalue weighted by molar-refractivity contribution is 7.80. The van der Waals surface area contributed by atoms with Gasteiger partial charge in [0, 0.05) is 12.3 Å². The van der Waals surface area contributed by atoms with E-state index in [4.69, 9.17) is 27.4 Å². The molecule has 2 N–H and O–H groups in total. The molecule has 19 heavy (non-hydrogen) atoms. The molecule has 2 aromatic rings. The van der Waals surface area contributed by atoms with Crippen molar-refractivity contribution in [3.63, 3.8) is 0 Å². The number of aromatic nitrogens is 1. The molecule has 0 amide bonds. The van der Waals surface area contributed by atoms with Crippen LogP contribution in [-0.4, -0.2) is 16.6 Å². The van der Waals surface area contributed by atoms with Gasteiger partial charge in [0.05, 0.1) is 18.4 Å². The summed E-state index contributed by atoms with van der Waals surface area (Å²) in [4.78, 5) is 4.29. The lowest BCUT2D eigenvalue weighted by molar-refractivity contribution is 0.338. The van der Waals surface area contributed by atoms with Gasteiger partial charge in [-0.05, 0) is 25.1 Å². The van der Waals surface area contributed by atoms with Gasteiger partial charge in [0.1, 0.15) is 16.5 Å². The van der Waals surface area contributed by atoms with E-state index in [0.717, 1.165) is 5.75 Å². The lowest BCUT2D eigenvalue weighted by atomic mass is 10.2. The molecule has 4 nitrogen and oxygen atoms in total. The number of ether oxygens (including phenoxy) is 2. The molecule has 98 valence electrons. The van der Waals surface area contributed by atoms with Crippen LogP contribution in [0.4, 0.5) is 0 Å². The van der Waals surface area contributed by atoms with Crippen LogP contribution in [0.3, 0.4) is 0 Å². The number of nitrogens with zero attached hydrogens (tertiary/aromatic N) is 1. The van der Waals surface area contributed by atoms with Gasteiger partial charge in [-0.2, -0.15) is 0 Å². The monoisotopic (exact) mass is 274 g/mol. The summed E-state index contributed by atoms with van der Waals surface area (Å²) in [5.74, 6) is 1.93. The molecule has 2 rings (SSSR count). The summed E-state index contributed by atoms with van der Waals surface area (Å²) in [6.07, 6.45) is 3.21. The highest BCUT2D eigenvalue weighted by Crippen LogP contribution is 2.27. The summed E-state index contributed by atoms with van der Waals surface area (Å²) in [5.41, 5.74) is 6.30. The highest BCUT2D eigenvalue weighted by atomic mass is 32.1. The van der Waals surface area contributed by atoms with Crippen molar-refractivity contribution < 1.29 is 9.47 Å². The van der Waals surface area contributed by atoms with E-state index >= 15 is 0 Å². The van der Waals surface area contributed by atoms with Crippen LogP contribution in [0.1, 0.15) is 12.5 Å². The van der Waals surface area contributed by atoms with E-state index in [1.165, 1.54) is 0 Å². The second-order valence-corrected chi connectivity index (χ2v) is 4.19. The van der Waals surface area contributed by atoms with Gasteiger partial charge >= 0.3 is 0 Å². The molecule has 0 aliphatic carbocycles. The first kappa shape index (κ1) is 13.3. The zero-order valence-electron chi connectivity index (χ0n) is 10.5. The van der Waals surface area contributed by atoms with Gasteiger partial charge in [0.2, 0.25) is 0 Å². The van der Waals surface area contributed by atoms with Crippen molar-refractivity contribution >= 4 is 17.2 Å². The molecule has 1 heterocycles. The Hall–Kier alpha value is -2.14. The van der Waals surface area contributed by atoms with Gasteiger partial charge in [-0.3, -0.25) is 4.98 Å². The topological polar surface area (TPSA) is 57.4 Å². The standard InChI is InChI=1S/C14H14N2O2S/c1-2-17-10-4-3-5-11(8-10)18-13-9-16-7-6-12(13)14(15)19/h3-9H,2H2,1H3,(H2,15,19). The maximum absolute atomic E-state index is 5.75. The second-order valence-electron chi connectivity index (χ2n) is 3.75. The van der Waals surface area contributed by atoms with Gasteiger partial charge in [-0.25, -0.2) is 0 Å². The molecule has 1 aromatic heterocycles. The van der Waals surface area contributed by atoms with Crippen LogP contribution in [0.5, 0.6) is 17.2 Å². The normalized spacial score (nSPS) is 9.95. The van der Waals surface area contributed by atoms with Crippen LogP contribution in [-0.2, 0) is 0 Å². The maximum Gasteiger partial charge on any atom is 0.155 e. The predicted molar refractivity (Wildman–Crippen MR) is 77.8 cm³/mol. The average Bonchev–Trinajstić information content (AvgIpc) is 2.40. The van der Waals surface area contributed by atoms with E-state index in [1.807, 2.05) is 25.1 Å². The number of hydrogen-bond donors (Lipinski definition) is 1. The van der Waals surface area contributed by atoms with E-state index in [1.54, 1.807) is 24.5 Å². The summed E-state index contributed by atoms with van der Waals surface area (Å²) in [7, 11) is 0. The van der Waals surface area contributed by atoms with Crippen molar-refractivity contribution in [2.45, 2.75) is 6.92 Å². The highest BCUT2D eigenvalue weighted by Gasteiger charge is 2.07. The lowest BCUT2D eigenvalue weighted by Gasteiger charge is -2.10. The van der Waals surface area contributed by atoms with Gasteiger partial charge < -0.3 is 15.2 Å². The third kappa shape index (κ3) is 3.42. The fourth-order valence-corrected chi connectivity index (χ4v) is 1.75. The fourth-order valence-electron chi connectivity index (χ4n) is 1.59. The molecule has 0 bridgehead atoms. The van der Waals surface area contributed by atoms with Gasteiger partial charge in [0.25, 0.3) is 0 Å². The maximum atomic E-state index is 5.75. The van der Waals surface area contributed by atoms with E-state index < -0.39 is 0 Å². The Morgan fingerprint density at radius 1 is 1.32 bits per heavy atom. The Labute approximate surface area is 117 Å². The van der Waals surface area contributed by atoms with Crippen LogP contribution in [0.25, 0.3) is 0 Å². The van der Waals surface area contributed by atoms with Crippen molar-refractivity contribution in [2.75, 3.05) is 6.61 Å². The van der Waals surface area contributed by atoms with E-state index in [0.29, 0.717) is 23.7 Å². The molecule has 0 unspecified atom stereocenters. The van der Waals surface area contributed by atoms with Gasteiger partial charge in [0.15, 0.2) is 5.75 Å². The number of nitrogens with two attached hydrogens (primary N) is 1. The second kappa shape index (κ2) is 6.15. The summed E-state index contributed by atoms with van der Waals surface area (Å²) < 4.78 is 11.2. The van der Waals surface area contributed by atoms with Crippen molar-refractivity contribution in [1.29, 1.82) is 0 Å². The van der Waals surface area contributed by atoms with Gasteiger partial charge in [-0.15, -0.1) is 0 Å². The van der Waals surface area contributed by atoms with Crippen LogP contribution in [0.2, 0.25) is 0 Å². The van der Waals surface area contributed by atoms with Crippen LogP contribution < -0.4 is 15.2 Å². The first-order chi connectivity index (χ1) is 9.20. The molecule has 0 saturated heterocycles. The van der Waals surface area contributed by atoms with Crippen molar-refractivity contribution in [3.05, 3.63) is 48.3 Å². The average molecular weight is 274 g/mol. The molecule has 0 aliphatic heterocycles. The SMILES string of the molecule is CCOc1cccc(Oc2cnccc2C(N)=S)c1. The fraction of sp³-hybridized carbons (Fsp3) is 0.143. The third-order valence-electron chi connectivity index (χ3n) is 2.39. The Morgan fingerprint density at radius 3 is 2.84 bits per heavy atom. The van der Waals surface area contributed by atoms with Crippen LogP contribution >= 0.6 is 12.2 Å². The number of hydrogen-bond acceptors (Lipinski definition) is 4. The smallest absolute Gasteiger partial charge is 0.155 e. The lowest BCUT2D eigenvalue weighted by Crippen LogP contribution is -2.10. The molecule has 0 aliphatic rings. The molecule has 0 atom stereocenters. The Balaban J connectivity index is 2.26. The summed E-state index contributed by atoms with van der Waals surface area (Å²) in [6.45, 7) is 2.54. The number of rotatable bonds is 5. The van der Waals surface area contributed by atoms with E-state index in [9.17, 15) is 0 Å². The van der Waals surface area contributed by atoms with E-state index in [2.05, 4.69) is 4.98 Å². The number of pyridine rings is 1. The molecule has 0 radical (unpaired) electrons. The first-order valence-corrected chi connectivity index (χ1v) is 6.26. The summed E-state index contributed by atoms with van der Waals surface area (Å²) in [6, 6.07) is 9.09. The molecular formula is C14H14N2O2S. The molecule has 1 aromatic carbocycles. The first-order valence-electron chi connectivity index (χ1n) is 5.85. The van der Waals surface area contributed by atoms with Crippen molar-refractivity contribution in [1.82, 2.24) is 4.98 Å². The Kier molecular flexibility index (Phi) is 4.30. The van der Waals surface area contributed by atoms with Crippen LogP contribution in [0.15, 0.2) is 42.7 Å². The zero-order valence-corrected chi connectivity index (χ0v) is 11.3. The third-order valence-corrected chi connectivity index (χ3v) is 2.61. The van der Waals surface area contributed by atoms with E-state index in [-0.39, 0.29) is 4.99 Å². The molecule has 0 fully saturated rings. The number of thiocarbonyl (C=S) groups is 1. The summed E-state index contributed by atoms with van der Waals surface area (Å²) in [5, 5.41) is 0. The largest absolute Gasteiger partial charge is 0.494 e. The number of benzene rings is 1. The Morgan fingerprint density at radius 2 is 2.11 bits per heavy atom. The zero-order chi connectivity index (χ0) is 13.7. The van der Waals surface area contributed by atoms with Gasteiger partial charge in [-0.1, -0.05) is 18.3 Å². The molecule has 0 saturated carbocycles. The molecular weight excluding hydrogens is 260 g/mol. The minimum Gasteiger partial charge on any atom is -0.494 e. The Bertz CT molecular complexity index is 587. The molecule has 0 spiro atoms. The van der Waals surface area contributed by atoms with Crippen molar-refractivity contribution in [2.24, 2.45) is 5.73 Å². The van der Waals surface area contributed by atoms with Crippen molar-refractivity contribution in [3.8, 4) is 17.2 Å².